The van der Waals surface area contributed by atoms with Gasteiger partial charge in [-0.05, 0) is 35.4 Å². The van der Waals surface area contributed by atoms with Crippen molar-refractivity contribution in [1.82, 2.24) is 9.97 Å². The summed E-state index contributed by atoms with van der Waals surface area (Å²) in [5.41, 5.74) is 11.1. The number of para-hydroxylation sites is 2. The smallest absolute Gasteiger partial charge is 0.148 e. The Kier molecular flexibility index (Phi) is 2.36. The standard InChI is InChI=1S/C16H14N4/c17-13-6-5-11-9-20(10-12(11)7-13)16-8-18-14-3-1-2-4-15(14)19-16/h1-8H,9-10,17H2. The van der Waals surface area contributed by atoms with Gasteiger partial charge < -0.3 is 10.6 Å². The van der Waals surface area contributed by atoms with E-state index >= 15 is 0 Å². The molecule has 4 heteroatoms. The van der Waals surface area contributed by atoms with E-state index in [1.165, 1.54) is 11.1 Å². The fourth-order valence-corrected chi connectivity index (χ4v) is 2.68. The van der Waals surface area contributed by atoms with Crippen molar-refractivity contribution in [2.45, 2.75) is 13.1 Å². The van der Waals surface area contributed by atoms with Crippen LogP contribution in [0.4, 0.5) is 11.5 Å². The van der Waals surface area contributed by atoms with Crippen molar-refractivity contribution in [3.63, 3.8) is 0 Å². The summed E-state index contributed by atoms with van der Waals surface area (Å²) in [6, 6.07) is 14.0. The van der Waals surface area contributed by atoms with Crippen molar-refractivity contribution in [3.05, 3.63) is 59.8 Å². The minimum Gasteiger partial charge on any atom is -0.399 e. The predicted octanol–water partition coefficient (Wildman–Crippen LogP) is 2.73. The van der Waals surface area contributed by atoms with Crippen LogP contribution < -0.4 is 10.6 Å². The summed E-state index contributed by atoms with van der Waals surface area (Å²) in [6.07, 6.45) is 1.84. The van der Waals surface area contributed by atoms with E-state index in [1.807, 2.05) is 42.6 Å². The number of hydrogen-bond donors (Lipinski definition) is 1. The molecule has 0 saturated heterocycles. The molecule has 0 fully saturated rings. The molecule has 20 heavy (non-hydrogen) atoms. The van der Waals surface area contributed by atoms with Gasteiger partial charge >= 0.3 is 0 Å². The van der Waals surface area contributed by atoms with Gasteiger partial charge in [0.15, 0.2) is 0 Å². The van der Waals surface area contributed by atoms with Gasteiger partial charge in [-0.2, -0.15) is 0 Å². The average molecular weight is 262 g/mol. The van der Waals surface area contributed by atoms with E-state index in [4.69, 9.17) is 10.7 Å². The molecule has 2 heterocycles. The molecule has 2 N–H and O–H groups in total. The Bertz CT molecular complexity index is 797. The number of nitrogens with two attached hydrogens (primary N) is 1. The lowest BCUT2D eigenvalue weighted by Crippen LogP contribution is -2.16. The number of fused-ring (bicyclic) bond motifs is 2. The van der Waals surface area contributed by atoms with Crippen LogP contribution in [0.15, 0.2) is 48.7 Å². The molecule has 4 rings (SSSR count). The summed E-state index contributed by atoms with van der Waals surface area (Å²) >= 11 is 0. The van der Waals surface area contributed by atoms with Crippen LogP contribution in [-0.4, -0.2) is 9.97 Å². The van der Waals surface area contributed by atoms with Crippen LogP contribution in [-0.2, 0) is 13.1 Å². The topological polar surface area (TPSA) is 55.0 Å². The third-order valence-corrected chi connectivity index (χ3v) is 3.71. The SMILES string of the molecule is Nc1ccc2c(c1)CN(c1cnc3ccccc3n1)C2. The number of nitrogens with zero attached hydrogens (tertiary/aromatic N) is 3. The second-order valence-electron chi connectivity index (χ2n) is 5.10. The Balaban J connectivity index is 1.71. The van der Waals surface area contributed by atoms with Crippen molar-refractivity contribution in [1.29, 1.82) is 0 Å². The number of aromatic nitrogens is 2. The second kappa shape index (κ2) is 4.20. The molecule has 0 saturated carbocycles. The maximum atomic E-state index is 5.84. The molecule has 1 aromatic heterocycles. The van der Waals surface area contributed by atoms with Gasteiger partial charge in [0.25, 0.3) is 0 Å². The Morgan fingerprint density at radius 1 is 0.950 bits per heavy atom. The highest BCUT2D eigenvalue weighted by atomic mass is 15.2. The highest BCUT2D eigenvalue weighted by Crippen LogP contribution is 2.28. The van der Waals surface area contributed by atoms with Crippen molar-refractivity contribution < 1.29 is 0 Å². The van der Waals surface area contributed by atoms with Gasteiger partial charge in [0.05, 0.1) is 17.2 Å². The zero-order chi connectivity index (χ0) is 13.5. The molecular weight excluding hydrogens is 248 g/mol. The lowest BCUT2D eigenvalue weighted by molar-refractivity contribution is 0.856. The predicted molar refractivity (Wildman–Crippen MR) is 80.3 cm³/mol. The first-order valence-corrected chi connectivity index (χ1v) is 6.63. The molecule has 1 aliphatic heterocycles. The van der Waals surface area contributed by atoms with Crippen LogP contribution in [0.5, 0.6) is 0 Å². The van der Waals surface area contributed by atoms with Gasteiger partial charge in [-0.25, -0.2) is 4.98 Å². The number of nitrogen functional groups attached to an aromatic ring is 1. The molecule has 0 amide bonds. The molecular formula is C16H14N4. The van der Waals surface area contributed by atoms with Gasteiger partial charge in [-0.3, -0.25) is 4.98 Å². The Morgan fingerprint density at radius 2 is 1.75 bits per heavy atom. The molecule has 3 aromatic rings. The molecule has 0 atom stereocenters. The number of anilines is 2. The minimum absolute atomic E-state index is 0.815. The van der Waals surface area contributed by atoms with E-state index in [0.29, 0.717) is 0 Å². The van der Waals surface area contributed by atoms with Crippen molar-refractivity contribution in [2.24, 2.45) is 0 Å². The first-order valence-electron chi connectivity index (χ1n) is 6.63. The lowest BCUT2D eigenvalue weighted by atomic mass is 10.1. The van der Waals surface area contributed by atoms with Crippen molar-refractivity contribution >= 4 is 22.5 Å². The van der Waals surface area contributed by atoms with Crippen LogP contribution >= 0.6 is 0 Å². The van der Waals surface area contributed by atoms with Gasteiger partial charge in [-0.15, -0.1) is 0 Å². The Morgan fingerprint density at radius 3 is 2.65 bits per heavy atom. The molecule has 4 nitrogen and oxygen atoms in total. The quantitative estimate of drug-likeness (QED) is 0.685. The number of benzene rings is 2. The summed E-state index contributed by atoms with van der Waals surface area (Å²) in [5.74, 6) is 0.915. The van der Waals surface area contributed by atoms with Crippen LogP contribution in [0.1, 0.15) is 11.1 Å². The first kappa shape index (κ1) is 11.2. The van der Waals surface area contributed by atoms with Gasteiger partial charge in [0, 0.05) is 18.8 Å². The molecule has 98 valence electrons. The third-order valence-electron chi connectivity index (χ3n) is 3.71. The van der Waals surface area contributed by atoms with Gasteiger partial charge in [0.1, 0.15) is 5.82 Å². The van der Waals surface area contributed by atoms with Crippen LogP contribution in [0.2, 0.25) is 0 Å². The van der Waals surface area contributed by atoms with Gasteiger partial charge in [0.2, 0.25) is 0 Å². The van der Waals surface area contributed by atoms with E-state index in [2.05, 4.69) is 16.0 Å². The molecule has 1 aliphatic rings. The third kappa shape index (κ3) is 1.77. The molecule has 0 bridgehead atoms. The summed E-state index contributed by atoms with van der Waals surface area (Å²) in [5, 5.41) is 0. The maximum absolute atomic E-state index is 5.84. The van der Waals surface area contributed by atoms with Crippen molar-refractivity contribution in [3.8, 4) is 0 Å². The first-order chi connectivity index (χ1) is 9.79. The fraction of sp³-hybridized carbons (Fsp3) is 0.125. The maximum Gasteiger partial charge on any atom is 0.148 e. The Hall–Kier alpha value is -2.62. The lowest BCUT2D eigenvalue weighted by Gasteiger charge is -2.16. The summed E-state index contributed by atoms with van der Waals surface area (Å²) in [4.78, 5) is 11.4. The zero-order valence-corrected chi connectivity index (χ0v) is 11.0. The fourth-order valence-electron chi connectivity index (χ4n) is 2.68. The van der Waals surface area contributed by atoms with E-state index in [1.54, 1.807) is 0 Å². The van der Waals surface area contributed by atoms with E-state index in [-0.39, 0.29) is 0 Å². The molecule has 0 unspecified atom stereocenters. The minimum atomic E-state index is 0.815. The summed E-state index contributed by atoms with van der Waals surface area (Å²) in [6.45, 7) is 1.70. The van der Waals surface area contributed by atoms with E-state index < -0.39 is 0 Å². The highest BCUT2D eigenvalue weighted by Gasteiger charge is 2.20. The number of rotatable bonds is 1. The zero-order valence-electron chi connectivity index (χ0n) is 11.0. The van der Waals surface area contributed by atoms with Crippen LogP contribution in [0.25, 0.3) is 11.0 Å². The normalized spacial score (nSPS) is 13.7. The molecule has 2 aromatic carbocycles. The average Bonchev–Trinajstić information content (AvgIpc) is 2.89. The summed E-state index contributed by atoms with van der Waals surface area (Å²) < 4.78 is 0. The summed E-state index contributed by atoms with van der Waals surface area (Å²) in [7, 11) is 0. The van der Waals surface area contributed by atoms with Crippen LogP contribution in [0, 0.1) is 0 Å². The van der Waals surface area contributed by atoms with E-state index in [0.717, 1.165) is 35.6 Å². The molecule has 0 radical (unpaired) electrons. The molecule has 0 spiro atoms. The molecule has 0 aliphatic carbocycles. The van der Waals surface area contributed by atoms with Crippen LogP contribution in [0.3, 0.4) is 0 Å². The monoisotopic (exact) mass is 262 g/mol. The Labute approximate surface area is 116 Å². The largest absolute Gasteiger partial charge is 0.399 e. The van der Waals surface area contributed by atoms with E-state index in [9.17, 15) is 0 Å². The number of hydrogen-bond acceptors (Lipinski definition) is 4. The van der Waals surface area contributed by atoms with Crippen molar-refractivity contribution in [2.75, 3.05) is 10.6 Å². The van der Waals surface area contributed by atoms with Gasteiger partial charge in [-0.1, -0.05) is 18.2 Å². The second-order valence-corrected chi connectivity index (χ2v) is 5.10. The highest BCUT2D eigenvalue weighted by molar-refractivity contribution is 5.75.